The average molecular weight is 524 g/mol. The summed E-state index contributed by atoms with van der Waals surface area (Å²) in [6.07, 6.45) is -1.51. The van der Waals surface area contributed by atoms with E-state index in [4.69, 9.17) is 11.5 Å². The molecule has 0 saturated heterocycles. The van der Waals surface area contributed by atoms with Crippen LogP contribution in [-0.4, -0.2) is 75.1 Å². The first kappa shape index (κ1) is 30.8. The third-order valence-corrected chi connectivity index (χ3v) is 5.10. The summed E-state index contributed by atoms with van der Waals surface area (Å²) in [6, 6.07) is 0.0310. The van der Waals surface area contributed by atoms with Gasteiger partial charge in [-0.1, -0.05) is 26.0 Å². The molecular weight excluding hydrogens is 490 g/mol. The van der Waals surface area contributed by atoms with Gasteiger partial charge in [-0.2, -0.15) is 0 Å². The molecule has 204 valence electrons. The highest BCUT2D eigenvalue weighted by Crippen LogP contribution is 2.11. The van der Waals surface area contributed by atoms with Gasteiger partial charge in [0.15, 0.2) is 0 Å². The van der Waals surface area contributed by atoms with Crippen LogP contribution in [0.1, 0.15) is 38.7 Å². The van der Waals surface area contributed by atoms with Crippen LogP contribution >= 0.6 is 0 Å². The van der Waals surface area contributed by atoms with E-state index >= 15 is 0 Å². The Hall–Kier alpha value is -4.20. The van der Waals surface area contributed by atoms with E-state index in [-0.39, 0.29) is 24.5 Å². The molecule has 10 N–H and O–H groups in total. The molecule has 4 atom stereocenters. The standard InChI is InChI=1S/C23H33N5O9/c1-11(2)7-17(23(36)37)28-21(34)15(9-18(25)30)27-22(35)16(10-19(31)32)26-20(33)14(24)8-12-3-5-13(29)6-4-12/h3-6,11,14-17,29H,7-10,24H2,1-2H3,(H2,25,30)(H,26,33)(H,27,35)(H,28,34)(H,31,32)(H,36,37). The van der Waals surface area contributed by atoms with Gasteiger partial charge in [0.2, 0.25) is 23.6 Å². The van der Waals surface area contributed by atoms with Crippen molar-refractivity contribution in [1.82, 2.24) is 16.0 Å². The van der Waals surface area contributed by atoms with Gasteiger partial charge in [0.1, 0.15) is 23.9 Å². The van der Waals surface area contributed by atoms with Crippen LogP contribution in [0, 0.1) is 5.92 Å². The van der Waals surface area contributed by atoms with Crippen molar-refractivity contribution in [2.75, 3.05) is 0 Å². The smallest absolute Gasteiger partial charge is 0.326 e. The van der Waals surface area contributed by atoms with Crippen molar-refractivity contribution in [3.63, 3.8) is 0 Å². The van der Waals surface area contributed by atoms with Gasteiger partial charge in [0.25, 0.3) is 0 Å². The van der Waals surface area contributed by atoms with Crippen LogP contribution in [0.3, 0.4) is 0 Å². The zero-order chi connectivity index (χ0) is 28.3. The molecule has 1 aromatic rings. The van der Waals surface area contributed by atoms with Gasteiger partial charge in [-0.25, -0.2) is 4.79 Å². The van der Waals surface area contributed by atoms with Gasteiger partial charge in [-0.3, -0.25) is 24.0 Å². The van der Waals surface area contributed by atoms with Crippen LogP contribution in [0.2, 0.25) is 0 Å². The Balaban J connectivity index is 2.98. The Labute approximate surface area is 212 Å². The lowest BCUT2D eigenvalue weighted by Crippen LogP contribution is -2.58. The summed E-state index contributed by atoms with van der Waals surface area (Å²) in [4.78, 5) is 72.3. The molecule has 4 amide bonds. The van der Waals surface area contributed by atoms with Gasteiger partial charge in [0, 0.05) is 0 Å². The fourth-order valence-corrected chi connectivity index (χ4v) is 3.29. The molecule has 4 unspecified atom stereocenters. The van der Waals surface area contributed by atoms with Gasteiger partial charge in [0.05, 0.1) is 18.9 Å². The van der Waals surface area contributed by atoms with E-state index in [0.717, 1.165) is 0 Å². The Morgan fingerprint density at radius 2 is 1.30 bits per heavy atom. The number of phenols is 1. The maximum Gasteiger partial charge on any atom is 0.326 e. The molecule has 0 radical (unpaired) electrons. The molecule has 0 spiro atoms. The van der Waals surface area contributed by atoms with Crippen molar-refractivity contribution in [2.24, 2.45) is 17.4 Å². The highest BCUT2D eigenvalue weighted by Gasteiger charge is 2.32. The number of rotatable bonds is 15. The van der Waals surface area contributed by atoms with E-state index in [9.17, 15) is 44.1 Å². The second-order valence-corrected chi connectivity index (χ2v) is 8.90. The number of nitrogens with one attached hydrogen (secondary N) is 3. The van der Waals surface area contributed by atoms with Gasteiger partial charge in [-0.05, 0) is 36.5 Å². The van der Waals surface area contributed by atoms with E-state index in [0.29, 0.717) is 5.56 Å². The zero-order valence-corrected chi connectivity index (χ0v) is 20.5. The summed E-state index contributed by atoms with van der Waals surface area (Å²) < 4.78 is 0. The number of aliphatic carboxylic acids is 2. The number of hydrogen-bond acceptors (Lipinski definition) is 8. The molecule has 0 aliphatic rings. The highest BCUT2D eigenvalue weighted by molar-refractivity contribution is 5.97. The molecule has 0 aromatic heterocycles. The summed E-state index contributed by atoms with van der Waals surface area (Å²) in [7, 11) is 0. The predicted molar refractivity (Wildman–Crippen MR) is 129 cm³/mol. The van der Waals surface area contributed by atoms with Crippen LogP contribution in [0.25, 0.3) is 0 Å². The number of primary amides is 1. The number of carboxylic acids is 2. The first-order valence-electron chi connectivity index (χ1n) is 11.4. The van der Waals surface area contributed by atoms with Crippen molar-refractivity contribution in [3.05, 3.63) is 29.8 Å². The SMILES string of the molecule is CC(C)CC(NC(=O)C(CC(N)=O)NC(=O)C(CC(=O)O)NC(=O)C(N)Cc1ccc(O)cc1)C(=O)O. The maximum atomic E-state index is 12.8. The number of hydrogen-bond donors (Lipinski definition) is 8. The number of aromatic hydroxyl groups is 1. The summed E-state index contributed by atoms with van der Waals surface area (Å²) in [5.74, 6) is -6.88. The maximum absolute atomic E-state index is 12.8. The number of carboxylic acid groups (broad SMARTS) is 2. The molecule has 1 rings (SSSR count). The fourth-order valence-electron chi connectivity index (χ4n) is 3.29. The molecule has 0 bridgehead atoms. The lowest BCUT2D eigenvalue weighted by atomic mass is 10.0. The number of amides is 4. The largest absolute Gasteiger partial charge is 0.508 e. The molecule has 0 saturated carbocycles. The summed E-state index contributed by atoms with van der Waals surface area (Å²) in [5.41, 5.74) is 11.6. The number of benzene rings is 1. The van der Waals surface area contributed by atoms with Gasteiger partial charge >= 0.3 is 11.9 Å². The van der Waals surface area contributed by atoms with Gasteiger partial charge < -0.3 is 42.7 Å². The number of carbonyl (C=O) groups excluding carboxylic acids is 4. The lowest BCUT2D eigenvalue weighted by Gasteiger charge is -2.24. The minimum Gasteiger partial charge on any atom is -0.508 e. The van der Waals surface area contributed by atoms with E-state index in [1.807, 2.05) is 0 Å². The van der Waals surface area contributed by atoms with Crippen LogP contribution in [0.15, 0.2) is 24.3 Å². The van der Waals surface area contributed by atoms with Crippen molar-refractivity contribution in [1.29, 1.82) is 0 Å². The van der Waals surface area contributed by atoms with Crippen LogP contribution in [0.4, 0.5) is 0 Å². The lowest BCUT2D eigenvalue weighted by molar-refractivity contribution is -0.143. The van der Waals surface area contributed by atoms with E-state index in [2.05, 4.69) is 16.0 Å². The molecule has 37 heavy (non-hydrogen) atoms. The van der Waals surface area contributed by atoms with Crippen LogP contribution in [-0.2, 0) is 35.2 Å². The fraction of sp³-hybridized carbons (Fsp3) is 0.478. The Morgan fingerprint density at radius 3 is 1.76 bits per heavy atom. The molecule has 14 heteroatoms. The summed E-state index contributed by atoms with van der Waals surface area (Å²) in [6.45, 7) is 3.46. The van der Waals surface area contributed by atoms with Crippen molar-refractivity contribution in [2.45, 2.75) is 63.7 Å². The van der Waals surface area contributed by atoms with Gasteiger partial charge in [-0.15, -0.1) is 0 Å². The van der Waals surface area contributed by atoms with Crippen LogP contribution < -0.4 is 27.4 Å². The Morgan fingerprint density at radius 1 is 0.811 bits per heavy atom. The normalized spacial score (nSPS) is 14.1. The first-order chi connectivity index (χ1) is 17.2. The minimum atomic E-state index is -1.68. The monoisotopic (exact) mass is 523 g/mol. The Bertz CT molecular complexity index is 997. The second-order valence-electron chi connectivity index (χ2n) is 8.90. The molecule has 0 fully saturated rings. The number of phenolic OH excluding ortho intramolecular Hbond substituents is 1. The number of carbonyl (C=O) groups is 6. The third kappa shape index (κ3) is 11.4. The molecule has 1 aromatic carbocycles. The van der Waals surface area contributed by atoms with Crippen LogP contribution in [0.5, 0.6) is 5.75 Å². The highest BCUT2D eigenvalue weighted by atomic mass is 16.4. The van der Waals surface area contributed by atoms with Crippen molar-refractivity contribution < 1.29 is 44.1 Å². The number of nitrogens with two attached hydrogens (primary N) is 2. The van der Waals surface area contributed by atoms with Crippen molar-refractivity contribution >= 4 is 35.6 Å². The van der Waals surface area contributed by atoms with E-state index < -0.39 is 72.6 Å². The topological polar surface area (TPSA) is 251 Å². The predicted octanol–water partition coefficient (Wildman–Crippen LogP) is -1.80. The Kier molecular flexibility index (Phi) is 12.0. The minimum absolute atomic E-state index is 0.00661. The molecule has 14 nitrogen and oxygen atoms in total. The second kappa shape index (κ2) is 14.4. The molecular formula is C23H33N5O9. The van der Waals surface area contributed by atoms with E-state index in [1.54, 1.807) is 13.8 Å². The molecule has 0 aliphatic heterocycles. The first-order valence-corrected chi connectivity index (χ1v) is 11.4. The van der Waals surface area contributed by atoms with E-state index in [1.165, 1.54) is 24.3 Å². The van der Waals surface area contributed by atoms with Crippen molar-refractivity contribution in [3.8, 4) is 5.75 Å². The summed E-state index contributed by atoms with van der Waals surface area (Å²) in [5, 5.41) is 34.5. The summed E-state index contributed by atoms with van der Waals surface area (Å²) >= 11 is 0. The quantitative estimate of drug-likeness (QED) is 0.128. The molecule has 0 heterocycles. The zero-order valence-electron chi connectivity index (χ0n) is 20.5. The third-order valence-electron chi connectivity index (χ3n) is 5.10. The average Bonchev–Trinajstić information content (AvgIpc) is 2.78. The molecule has 0 aliphatic carbocycles.